The summed E-state index contributed by atoms with van der Waals surface area (Å²) in [5.74, 6) is -1.39. The number of anilines is 1. The third kappa shape index (κ3) is 4.37. The van der Waals surface area contributed by atoms with Crippen molar-refractivity contribution in [3.05, 3.63) is 71.2 Å². The fraction of sp³-hybridized carbons (Fsp3) is 0.320. The largest absolute Gasteiger partial charge is 0.374 e. The van der Waals surface area contributed by atoms with Gasteiger partial charge in [0.2, 0.25) is 0 Å². The Morgan fingerprint density at radius 3 is 2.66 bits per heavy atom. The van der Waals surface area contributed by atoms with Crippen molar-refractivity contribution in [2.75, 3.05) is 31.6 Å². The quantitative estimate of drug-likeness (QED) is 0.475. The predicted molar refractivity (Wildman–Crippen MR) is 128 cm³/mol. The molecule has 3 aromatic heterocycles. The summed E-state index contributed by atoms with van der Waals surface area (Å²) >= 11 is 0. The van der Waals surface area contributed by atoms with E-state index in [4.69, 9.17) is 4.74 Å². The molecule has 1 aliphatic rings. The minimum Gasteiger partial charge on any atom is -0.374 e. The van der Waals surface area contributed by atoms with Crippen LogP contribution in [0.15, 0.2) is 42.7 Å². The van der Waals surface area contributed by atoms with Crippen molar-refractivity contribution in [2.24, 2.45) is 7.05 Å². The predicted octanol–water partition coefficient (Wildman–Crippen LogP) is 3.13. The number of ether oxygens (including phenoxy) is 1. The Kier molecular flexibility index (Phi) is 5.98. The first-order chi connectivity index (χ1) is 16.8. The third-order valence-corrected chi connectivity index (χ3v) is 6.23. The zero-order valence-corrected chi connectivity index (χ0v) is 19.8. The number of aryl methyl sites for hydroxylation is 2. The van der Waals surface area contributed by atoms with Gasteiger partial charge in [-0.15, -0.1) is 0 Å². The molecule has 0 bridgehead atoms. The summed E-state index contributed by atoms with van der Waals surface area (Å²) in [5.41, 5.74) is 2.06. The van der Waals surface area contributed by atoms with Crippen LogP contribution in [0.1, 0.15) is 21.6 Å². The van der Waals surface area contributed by atoms with Gasteiger partial charge in [0.15, 0.2) is 5.82 Å². The summed E-state index contributed by atoms with van der Waals surface area (Å²) < 4.78 is 40.1. The topological polar surface area (TPSA) is 76.7 Å². The van der Waals surface area contributed by atoms with Crippen molar-refractivity contribution in [1.29, 1.82) is 0 Å². The van der Waals surface area contributed by atoms with Crippen molar-refractivity contribution >= 4 is 17.4 Å². The van der Waals surface area contributed by atoms with E-state index in [1.165, 1.54) is 7.05 Å². The normalized spacial score (nSPS) is 16.1. The molecule has 1 amide bonds. The SMILES string of the molecule is CNC(=O)c1cc(F)c(-c2nc3cc(C)ccn3c2C[C@H]2CN(c3ccn(C)n3)CCO2)c(F)c1. The standard InChI is InChI=1S/C25H26F2N6O2/c1-15-4-7-33-20(13-17-14-32(8-9-35-17)21-5-6-31(3)30-21)24(29-22(33)10-15)23-18(26)11-16(12-19(23)27)25(34)28-2/h4-7,10-12,17H,8-9,13-14H2,1-3H3,(H,28,34)/t17-/m0/s1. The van der Waals surface area contributed by atoms with E-state index in [9.17, 15) is 4.79 Å². The molecule has 1 fully saturated rings. The number of carbonyl (C=O) groups excluding carboxylic acids is 1. The molecule has 0 spiro atoms. The molecule has 1 aliphatic heterocycles. The van der Waals surface area contributed by atoms with Crippen LogP contribution in [0.2, 0.25) is 0 Å². The molecule has 35 heavy (non-hydrogen) atoms. The molecule has 4 heterocycles. The first kappa shape index (κ1) is 23.0. The average molecular weight is 481 g/mol. The van der Waals surface area contributed by atoms with E-state index >= 15 is 8.78 Å². The van der Waals surface area contributed by atoms with Crippen LogP contribution < -0.4 is 10.2 Å². The van der Waals surface area contributed by atoms with Gasteiger partial charge in [-0.1, -0.05) is 0 Å². The number of hydrogen-bond acceptors (Lipinski definition) is 5. The molecule has 1 saturated heterocycles. The van der Waals surface area contributed by atoms with Gasteiger partial charge in [-0.2, -0.15) is 5.10 Å². The lowest BCUT2D eigenvalue weighted by atomic mass is 10.0. The van der Waals surface area contributed by atoms with Crippen molar-refractivity contribution in [3.8, 4) is 11.3 Å². The third-order valence-electron chi connectivity index (χ3n) is 6.23. The molecule has 0 saturated carbocycles. The number of aromatic nitrogens is 4. The van der Waals surface area contributed by atoms with Crippen LogP contribution in [0.25, 0.3) is 16.9 Å². The van der Waals surface area contributed by atoms with Crippen LogP contribution in [0.3, 0.4) is 0 Å². The van der Waals surface area contributed by atoms with E-state index in [1.807, 2.05) is 49.0 Å². The number of nitrogens with one attached hydrogen (secondary N) is 1. The summed E-state index contributed by atoms with van der Waals surface area (Å²) in [5, 5.41) is 6.87. The molecule has 0 aliphatic carbocycles. The fourth-order valence-electron chi connectivity index (χ4n) is 4.51. The number of carbonyl (C=O) groups is 1. The summed E-state index contributed by atoms with van der Waals surface area (Å²) in [6, 6.07) is 7.81. The molecular formula is C25H26F2N6O2. The number of morpholine rings is 1. The molecule has 0 unspecified atom stereocenters. The van der Waals surface area contributed by atoms with E-state index in [0.29, 0.717) is 37.5 Å². The lowest BCUT2D eigenvalue weighted by Crippen LogP contribution is -2.43. The summed E-state index contributed by atoms with van der Waals surface area (Å²) in [7, 11) is 3.28. The minimum absolute atomic E-state index is 0.0889. The monoisotopic (exact) mass is 480 g/mol. The van der Waals surface area contributed by atoms with E-state index in [0.717, 1.165) is 23.5 Å². The van der Waals surface area contributed by atoms with E-state index in [2.05, 4.69) is 20.3 Å². The maximum atomic E-state index is 15.2. The maximum absolute atomic E-state index is 15.2. The van der Waals surface area contributed by atoms with Gasteiger partial charge in [-0.3, -0.25) is 9.48 Å². The number of benzene rings is 1. The van der Waals surface area contributed by atoms with E-state index in [1.54, 1.807) is 4.68 Å². The maximum Gasteiger partial charge on any atom is 0.251 e. The number of hydrogen-bond donors (Lipinski definition) is 1. The molecule has 1 aromatic carbocycles. The Labute approximate surface area is 201 Å². The van der Waals surface area contributed by atoms with Gasteiger partial charge in [0, 0.05) is 57.6 Å². The zero-order valence-electron chi connectivity index (χ0n) is 19.8. The highest BCUT2D eigenvalue weighted by atomic mass is 19.1. The Balaban J connectivity index is 1.55. The van der Waals surface area contributed by atoms with Crippen LogP contribution in [-0.2, 0) is 18.2 Å². The highest BCUT2D eigenvalue weighted by Gasteiger charge is 2.28. The molecule has 182 valence electrons. The van der Waals surface area contributed by atoms with Crippen molar-refractivity contribution in [3.63, 3.8) is 0 Å². The number of nitrogens with zero attached hydrogens (tertiary/aromatic N) is 5. The Hall–Kier alpha value is -3.79. The fourth-order valence-corrected chi connectivity index (χ4v) is 4.51. The number of rotatable bonds is 5. The minimum atomic E-state index is -0.843. The van der Waals surface area contributed by atoms with Crippen LogP contribution in [0, 0.1) is 18.6 Å². The lowest BCUT2D eigenvalue weighted by molar-refractivity contribution is 0.0401. The molecule has 8 nitrogen and oxygen atoms in total. The zero-order chi connectivity index (χ0) is 24.7. The second-order valence-electron chi connectivity index (χ2n) is 8.72. The first-order valence-electron chi connectivity index (χ1n) is 11.4. The molecule has 5 rings (SSSR count). The second-order valence-corrected chi connectivity index (χ2v) is 8.72. The average Bonchev–Trinajstić information content (AvgIpc) is 3.41. The van der Waals surface area contributed by atoms with E-state index in [-0.39, 0.29) is 22.9 Å². The second kappa shape index (κ2) is 9.10. The van der Waals surface area contributed by atoms with Gasteiger partial charge in [0.1, 0.15) is 17.3 Å². The van der Waals surface area contributed by atoms with Gasteiger partial charge in [-0.05, 0) is 36.8 Å². The van der Waals surface area contributed by atoms with Crippen LogP contribution in [0.5, 0.6) is 0 Å². The highest BCUT2D eigenvalue weighted by molar-refractivity contribution is 5.94. The Morgan fingerprint density at radius 2 is 1.97 bits per heavy atom. The van der Waals surface area contributed by atoms with Gasteiger partial charge >= 0.3 is 0 Å². The molecular weight excluding hydrogens is 454 g/mol. The number of fused-ring (bicyclic) bond motifs is 1. The van der Waals surface area contributed by atoms with Gasteiger partial charge < -0.3 is 19.4 Å². The number of pyridine rings is 1. The van der Waals surface area contributed by atoms with Crippen molar-refractivity contribution in [1.82, 2.24) is 24.5 Å². The Bertz CT molecular complexity index is 1390. The lowest BCUT2D eigenvalue weighted by Gasteiger charge is -2.33. The van der Waals surface area contributed by atoms with Gasteiger partial charge in [-0.25, -0.2) is 13.8 Å². The van der Waals surface area contributed by atoms with Crippen molar-refractivity contribution in [2.45, 2.75) is 19.4 Å². The molecule has 0 radical (unpaired) electrons. The molecule has 4 aromatic rings. The molecule has 1 atom stereocenters. The first-order valence-corrected chi connectivity index (χ1v) is 11.4. The highest BCUT2D eigenvalue weighted by Crippen LogP contribution is 2.32. The Morgan fingerprint density at radius 1 is 1.20 bits per heavy atom. The summed E-state index contributed by atoms with van der Waals surface area (Å²) in [6.45, 7) is 3.73. The number of amides is 1. The van der Waals surface area contributed by atoms with Gasteiger partial charge in [0.25, 0.3) is 5.91 Å². The van der Waals surface area contributed by atoms with Crippen molar-refractivity contribution < 1.29 is 18.3 Å². The molecule has 10 heteroatoms. The number of halogens is 2. The summed E-state index contributed by atoms with van der Waals surface area (Å²) in [6.07, 6.45) is 3.89. The van der Waals surface area contributed by atoms with Crippen LogP contribution in [-0.4, -0.2) is 57.9 Å². The number of imidazole rings is 1. The molecule has 1 N–H and O–H groups in total. The van der Waals surface area contributed by atoms with Crippen LogP contribution in [0.4, 0.5) is 14.6 Å². The van der Waals surface area contributed by atoms with Gasteiger partial charge in [0.05, 0.1) is 29.7 Å². The summed E-state index contributed by atoms with van der Waals surface area (Å²) in [4.78, 5) is 18.7. The smallest absolute Gasteiger partial charge is 0.251 e. The van der Waals surface area contributed by atoms with E-state index < -0.39 is 17.5 Å². The van der Waals surface area contributed by atoms with Crippen LogP contribution >= 0.6 is 0 Å².